The van der Waals surface area contributed by atoms with Crippen molar-refractivity contribution in [3.05, 3.63) is 65.7 Å². The van der Waals surface area contributed by atoms with Crippen molar-refractivity contribution in [1.29, 1.82) is 0 Å². The first kappa shape index (κ1) is 13.6. The van der Waals surface area contributed by atoms with Crippen LogP contribution in [0.5, 0.6) is 0 Å². The fourth-order valence-corrected chi connectivity index (χ4v) is 2.02. The molecule has 0 aliphatic heterocycles. The van der Waals surface area contributed by atoms with Crippen LogP contribution in [0.1, 0.15) is 17.2 Å². The van der Waals surface area contributed by atoms with Gasteiger partial charge in [0.25, 0.3) is 0 Å². The number of aliphatic hydroxyl groups is 1. The van der Waals surface area contributed by atoms with E-state index in [9.17, 15) is 5.11 Å². The number of nitrogens with two attached hydrogens (primary N) is 1. The maximum Gasteiger partial charge on any atom is 0.0914 e. The molecule has 1 atom stereocenters. The minimum Gasteiger partial charge on any atom is -0.399 e. The lowest BCUT2D eigenvalue weighted by atomic mass is 10.1. The SMILES string of the molecule is Nc1ccccc1CCNCC(O)c1ccccc1. The molecular weight excluding hydrogens is 236 g/mol. The Balaban J connectivity index is 1.74. The number of nitrogens with one attached hydrogen (secondary N) is 1. The predicted molar refractivity (Wildman–Crippen MR) is 78.8 cm³/mol. The summed E-state index contributed by atoms with van der Waals surface area (Å²) < 4.78 is 0. The third-order valence-electron chi connectivity index (χ3n) is 3.15. The average Bonchev–Trinajstić information content (AvgIpc) is 2.46. The summed E-state index contributed by atoms with van der Waals surface area (Å²) in [4.78, 5) is 0. The number of hydrogen-bond acceptors (Lipinski definition) is 3. The van der Waals surface area contributed by atoms with Crippen molar-refractivity contribution >= 4 is 5.69 Å². The molecule has 0 heterocycles. The molecular formula is C16H20N2O. The van der Waals surface area contributed by atoms with Gasteiger partial charge < -0.3 is 16.2 Å². The maximum absolute atomic E-state index is 9.99. The van der Waals surface area contributed by atoms with Crippen LogP contribution in [0.3, 0.4) is 0 Å². The van der Waals surface area contributed by atoms with Crippen LogP contribution in [-0.2, 0) is 6.42 Å². The lowest BCUT2D eigenvalue weighted by Gasteiger charge is -2.12. The zero-order valence-corrected chi connectivity index (χ0v) is 10.9. The summed E-state index contributed by atoms with van der Waals surface area (Å²) in [6.45, 7) is 1.36. The number of hydrogen-bond donors (Lipinski definition) is 3. The molecule has 0 aromatic heterocycles. The molecule has 4 N–H and O–H groups in total. The highest BCUT2D eigenvalue weighted by Gasteiger charge is 2.05. The Hall–Kier alpha value is -1.84. The van der Waals surface area contributed by atoms with E-state index in [1.54, 1.807) is 0 Å². The lowest BCUT2D eigenvalue weighted by Crippen LogP contribution is -2.23. The number of benzene rings is 2. The molecule has 0 bridgehead atoms. The maximum atomic E-state index is 9.99. The molecule has 0 radical (unpaired) electrons. The van der Waals surface area contributed by atoms with Gasteiger partial charge in [0, 0.05) is 12.2 Å². The van der Waals surface area contributed by atoms with Gasteiger partial charge in [-0.3, -0.25) is 0 Å². The largest absolute Gasteiger partial charge is 0.399 e. The summed E-state index contributed by atoms with van der Waals surface area (Å²) in [6.07, 6.45) is 0.406. The quantitative estimate of drug-likeness (QED) is 0.548. The summed E-state index contributed by atoms with van der Waals surface area (Å²) in [5, 5.41) is 13.2. The number of anilines is 1. The van der Waals surface area contributed by atoms with E-state index in [0.717, 1.165) is 29.8 Å². The Bertz CT molecular complexity index is 499. The second kappa shape index (κ2) is 6.92. The van der Waals surface area contributed by atoms with Crippen LogP contribution >= 0.6 is 0 Å². The number of aliphatic hydroxyl groups excluding tert-OH is 1. The highest BCUT2D eigenvalue weighted by Crippen LogP contribution is 2.12. The minimum atomic E-state index is -0.464. The van der Waals surface area contributed by atoms with E-state index in [-0.39, 0.29) is 0 Å². The van der Waals surface area contributed by atoms with Gasteiger partial charge in [-0.05, 0) is 30.2 Å². The van der Waals surface area contributed by atoms with Crippen LogP contribution in [0.25, 0.3) is 0 Å². The molecule has 2 aromatic carbocycles. The highest BCUT2D eigenvalue weighted by molar-refractivity contribution is 5.46. The van der Waals surface area contributed by atoms with E-state index in [4.69, 9.17) is 5.73 Å². The van der Waals surface area contributed by atoms with Gasteiger partial charge in [0.15, 0.2) is 0 Å². The zero-order chi connectivity index (χ0) is 13.5. The smallest absolute Gasteiger partial charge is 0.0914 e. The first-order chi connectivity index (χ1) is 9.27. The summed E-state index contributed by atoms with van der Waals surface area (Å²) in [5.74, 6) is 0. The van der Waals surface area contributed by atoms with Crippen LogP contribution in [0.15, 0.2) is 54.6 Å². The second-order valence-electron chi connectivity index (χ2n) is 4.58. The number of para-hydroxylation sites is 1. The zero-order valence-electron chi connectivity index (χ0n) is 10.9. The van der Waals surface area contributed by atoms with Crippen molar-refractivity contribution in [2.24, 2.45) is 0 Å². The van der Waals surface area contributed by atoms with E-state index >= 15 is 0 Å². The number of rotatable bonds is 6. The molecule has 2 rings (SSSR count). The summed E-state index contributed by atoms with van der Waals surface area (Å²) in [5.41, 5.74) is 8.79. The number of nitrogen functional groups attached to an aromatic ring is 1. The fraction of sp³-hybridized carbons (Fsp3) is 0.250. The molecule has 0 amide bonds. The van der Waals surface area contributed by atoms with Crippen LogP contribution in [0.2, 0.25) is 0 Å². The van der Waals surface area contributed by atoms with E-state index in [1.807, 2.05) is 54.6 Å². The molecule has 2 aromatic rings. The predicted octanol–water partition coefficient (Wildman–Crippen LogP) is 2.13. The van der Waals surface area contributed by atoms with Gasteiger partial charge in [-0.25, -0.2) is 0 Å². The van der Waals surface area contributed by atoms with Crippen molar-refractivity contribution in [1.82, 2.24) is 5.32 Å². The molecule has 0 aliphatic carbocycles. The molecule has 100 valence electrons. The standard InChI is InChI=1S/C16H20N2O/c17-15-9-5-4-6-13(15)10-11-18-12-16(19)14-7-2-1-3-8-14/h1-9,16,18-19H,10-12,17H2. The second-order valence-corrected chi connectivity index (χ2v) is 4.58. The molecule has 3 heteroatoms. The van der Waals surface area contributed by atoms with Crippen molar-refractivity contribution in [2.45, 2.75) is 12.5 Å². The van der Waals surface area contributed by atoms with E-state index in [1.165, 1.54) is 0 Å². The van der Waals surface area contributed by atoms with Crippen LogP contribution in [-0.4, -0.2) is 18.2 Å². The van der Waals surface area contributed by atoms with Gasteiger partial charge in [-0.1, -0.05) is 48.5 Å². The van der Waals surface area contributed by atoms with E-state index < -0.39 is 6.10 Å². The summed E-state index contributed by atoms with van der Waals surface area (Å²) in [6, 6.07) is 17.5. The summed E-state index contributed by atoms with van der Waals surface area (Å²) >= 11 is 0. The first-order valence-corrected chi connectivity index (χ1v) is 6.54. The van der Waals surface area contributed by atoms with E-state index in [0.29, 0.717) is 6.54 Å². The monoisotopic (exact) mass is 256 g/mol. The Morgan fingerprint density at radius 1 is 1.00 bits per heavy atom. The van der Waals surface area contributed by atoms with Crippen LogP contribution in [0, 0.1) is 0 Å². The Labute approximate surface area is 114 Å². The molecule has 0 saturated carbocycles. The normalized spacial score (nSPS) is 12.3. The Kier molecular flexibility index (Phi) is 4.95. The van der Waals surface area contributed by atoms with Gasteiger partial charge in [0.05, 0.1) is 6.10 Å². The molecule has 1 unspecified atom stereocenters. The average molecular weight is 256 g/mol. The minimum absolute atomic E-state index is 0.464. The molecule has 19 heavy (non-hydrogen) atoms. The summed E-state index contributed by atoms with van der Waals surface area (Å²) in [7, 11) is 0. The third kappa shape index (κ3) is 4.09. The fourth-order valence-electron chi connectivity index (χ4n) is 2.02. The molecule has 0 spiro atoms. The van der Waals surface area contributed by atoms with Gasteiger partial charge in [-0.15, -0.1) is 0 Å². The van der Waals surface area contributed by atoms with Crippen molar-refractivity contribution in [3.8, 4) is 0 Å². The van der Waals surface area contributed by atoms with Gasteiger partial charge in [0.1, 0.15) is 0 Å². The van der Waals surface area contributed by atoms with Gasteiger partial charge in [0.2, 0.25) is 0 Å². The van der Waals surface area contributed by atoms with Crippen LogP contribution in [0.4, 0.5) is 5.69 Å². The van der Waals surface area contributed by atoms with E-state index in [2.05, 4.69) is 5.32 Å². The van der Waals surface area contributed by atoms with Crippen molar-refractivity contribution in [3.63, 3.8) is 0 Å². The van der Waals surface area contributed by atoms with Crippen molar-refractivity contribution in [2.75, 3.05) is 18.8 Å². The Morgan fingerprint density at radius 2 is 1.68 bits per heavy atom. The first-order valence-electron chi connectivity index (χ1n) is 6.54. The molecule has 0 saturated heterocycles. The third-order valence-corrected chi connectivity index (χ3v) is 3.15. The van der Waals surface area contributed by atoms with Gasteiger partial charge >= 0.3 is 0 Å². The molecule has 0 fully saturated rings. The highest BCUT2D eigenvalue weighted by atomic mass is 16.3. The Morgan fingerprint density at radius 3 is 2.42 bits per heavy atom. The lowest BCUT2D eigenvalue weighted by molar-refractivity contribution is 0.175. The van der Waals surface area contributed by atoms with Gasteiger partial charge in [-0.2, -0.15) is 0 Å². The topological polar surface area (TPSA) is 58.3 Å². The molecule has 3 nitrogen and oxygen atoms in total. The molecule has 0 aliphatic rings. The van der Waals surface area contributed by atoms with Crippen LogP contribution < -0.4 is 11.1 Å². The van der Waals surface area contributed by atoms with Crippen molar-refractivity contribution < 1.29 is 5.11 Å².